The molecule has 0 aliphatic carbocycles. The van der Waals surface area contributed by atoms with Crippen LogP contribution >= 0.6 is 0 Å². The van der Waals surface area contributed by atoms with E-state index < -0.39 is 6.04 Å². The summed E-state index contributed by atoms with van der Waals surface area (Å²) in [5.74, 6) is -0.353. The van der Waals surface area contributed by atoms with Crippen LogP contribution in [0.15, 0.2) is 0 Å². The Kier molecular flexibility index (Phi) is 4.18. The van der Waals surface area contributed by atoms with E-state index in [9.17, 15) is 4.79 Å². The van der Waals surface area contributed by atoms with Crippen LogP contribution in [0, 0.1) is 0 Å². The molecule has 76 valence electrons. The molecule has 2 atom stereocenters. The number of esters is 1. The van der Waals surface area contributed by atoms with E-state index in [1.165, 1.54) is 0 Å². The molecule has 0 aromatic carbocycles. The lowest BCUT2D eigenvalue weighted by atomic mass is 10.1. The fourth-order valence-electron chi connectivity index (χ4n) is 1.25. The van der Waals surface area contributed by atoms with Gasteiger partial charge in [-0.15, -0.1) is 0 Å². The number of hydrogen-bond donors (Lipinski definition) is 1. The van der Waals surface area contributed by atoms with Crippen LogP contribution in [0.25, 0.3) is 0 Å². The summed E-state index contributed by atoms with van der Waals surface area (Å²) in [4.78, 5) is 11.0. The molecule has 0 amide bonds. The molecule has 1 fully saturated rings. The molecule has 4 nitrogen and oxygen atoms in total. The number of rotatable bonds is 3. The van der Waals surface area contributed by atoms with Crippen LogP contribution in [-0.4, -0.2) is 31.3 Å². The molecule has 1 heterocycles. The van der Waals surface area contributed by atoms with E-state index in [0.717, 1.165) is 25.9 Å². The van der Waals surface area contributed by atoms with Gasteiger partial charge in [-0.1, -0.05) is 0 Å². The largest absolute Gasteiger partial charge is 0.462 e. The van der Waals surface area contributed by atoms with Crippen LogP contribution in [0.2, 0.25) is 0 Å². The average molecular weight is 187 g/mol. The van der Waals surface area contributed by atoms with Gasteiger partial charge in [-0.05, 0) is 26.2 Å². The highest BCUT2D eigenvalue weighted by molar-refractivity contribution is 5.74. The summed E-state index contributed by atoms with van der Waals surface area (Å²) < 4.78 is 10.3. The molecular weight excluding hydrogens is 170 g/mol. The minimum atomic E-state index is -0.538. The predicted molar refractivity (Wildman–Crippen MR) is 48.2 cm³/mol. The summed E-state index contributed by atoms with van der Waals surface area (Å²) in [5, 5.41) is 0. The first kappa shape index (κ1) is 10.5. The van der Waals surface area contributed by atoms with Crippen LogP contribution < -0.4 is 5.73 Å². The van der Waals surface area contributed by atoms with Gasteiger partial charge in [0.1, 0.15) is 12.6 Å². The first-order chi connectivity index (χ1) is 6.20. The molecule has 1 aliphatic rings. The maximum absolute atomic E-state index is 11.0. The summed E-state index contributed by atoms with van der Waals surface area (Å²) >= 11 is 0. The van der Waals surface area contributed by atoms with Gasteiger partial charge in [-0.2, -0.15) is 0 Å². The lowest BCUT2D eigenvalue weighted by Crippen LogP contribution is -2.33. The number of carbonyl (C=O) groups is 1. The van der Waals surface area contributed by atoms with Gasteiger partial charge in [0.25, 0.3) is 0 Å². The standard InChI is InChI=1S/C9H17NO3/c1-7(10)9(11)13-6-8-4-2-3-5-12-8/h7-8H,2-6,10H2,1H3/t7-,8?/m0/s1. The Labute approximate surface area is 78.4 Å². The number of carbonyl (C=O) groups excluding carboxylic acids is 1. The fraction of sp³-hybridized carbons (Fsp3) is 0.889. The van der Waals surface area contributed by atoms with Gasteiger partial charge in [-0.3, -0.25) is 4.79 Å². The average Bonchev–Trinajstić information content (AvgIpc) is 2.15. The normalized spacial score (nSPS) is 25.2. The third kappa shape index (κ3) is 3.74. The molecule has 1 aliphatic heterocycles. The lowest BCUT2D eigenvalue weighted by Gasteiger charge is -2.22. The van der Waals surface area contributed by atoms with Crippen LogP contribution in [0.3, 0.4) is 0 Å². The molecule has 0 saturated carbocycles. The van der Waals surface area contributed by atoms with Gasteiger partial charge in [0, 0.05) is 6.61 Å². The second kappa shape index (κ2) is 5.19. The van der Waals surface area contributed by atoms with Gasteiger partial charge >= 0.3 is 5.97 Å². The third-order valence-electron chi connectivity index (χ3n) is 2.06. The van der Waals surface area contributed by atoms with E-state index in [1.807, 2.05) is 0 Å². The molecule has 0 aromatic rings. The second-order valence-corrected chi connectivity index (χ2v) is 3.41. The molecule has 1 rings (SSSR count). The predicted octanol–water partition coefficient (Wildman–Crippen LogP) is 0.446. The van der Waals surface area contributed by atoms with Gasteiger partial charge in [0.15, 0.2) is 0 Å². The minimum Gasteiger partial charge on any atom is -0.462 e. The molecule has 13 heavy (non-hydrogen) atoms. The maximum atomic E-state index is 11.0. The van der Waals surface area contributed by atoms with E-state index in [2.05, 4.69) is 0 Å². The van der Waals surface area contributed by atoms with Crippen molar-refractivity contribution in [3.05, 3.63) is 0 Å². The van der Waals surface area contributed by atoms with Crippen molar-refractivity contribution in [2.75, 3.05) is 13.2 Å². The van der Waals surface area contributed by atoms with Gasteiger partial charge < -0.3 is 15.2 Å². The summed E-state index contributed by atoms with van der Waals surface area (Å²) in [6.07, 6.45) is 3.32. The third-order valence-corrected chi connectivity index (χ3v) is 2.06. The van der Waals surface area contributed by atoms with Crippen molar-refractivity contribution < 1.29 is 14.3 Å². The van der Waals surface area contributed by atoms with Crippen LogP contribution in [0.5, 0.6) is 0 Å². The van der Waals surface area contributed by atoms with Crippen LogP contribution in [0.4, 0.5) is 0 Å². The van der Waals surface area contributed by atoms with Gasteiger partial charge in [0.05, 0.1) is 6.10 Å². The number of hydrogen-bond acceptors (Lipinski definition) is 4. The molecule has 1 saturated heterocycles. The highest BCUT2D eigenvalue weighted by Crippen LogP contribution is 2.12. The van der Waals surface area contributed by atoms with E-state index in [0.29, 0.717) is 6.61 Å². The minimum absolute atomic E-state index is 0.0800. The molecule has 1 unspecified atom stereocenters. The maximum Gasteiger partial charge on any atom is 0.322 e. The van der Waals surface area contributed by atoms with Crippen molar-refractivity contribution in [2.45, 2.75) is 38.3 Å². The van der Waals surface area contributed by atoms with Crippen molar-refractivity contribution in [2.24, 2.45) is 5.73 Å². The van der Waals surface area contributed by atoms with E-state index in [-0.39, 0.29) is 12.1 Å². The summed E-state index contributed by atoms with van der Waals surface area (Å²) in [6.45, 7) is 2.74. The molecule has 2 N–H and O–H groups in total. The highest BCUT2D eigenvalue weighted by Gasteiger charge is 2.17. The van der Waals surface area contributed by atoms with Crippen molar-refractivity contribution >= 4 is 5.97 Å². The number of nitrogens with two attached hydrogens (primary N) is 1. The Morgan fingerprint density at radius 1 is 1.69 bits per heavy atom. The first-order valence-corrected chi connectivity index (χ1v) is 4.74. The Morgan fingerprint density at radius 2 is 2.46 bits per heavy atom. The molecule has 4 heteroatoms. The number of ether oxygens (including phenoxy) is 2. The topological polar surface area (TPSA) is 61.6 Å². The molecule has 0 spiro atoms. The smallest absolute Gasteiger partial charge is 0.322 e. The lowest BCUT2D eigenvalue weighted by molar-refractivity contribution is -0.150. The van der Waals surface area contributed by atoms with E-state index >= 15 is 0 Å². The Balaban J connectivity index is 2.13. The van der Waals surface area contributed by atoms with Gasteiger partial charge in [-0.25, -0.2) is 0 Å². The summed E-state index contributed by atoms with van der Waals surface area (Å²) in [7, 11) is 0. The highest BCUT2D eigenvalue weighted by atomic mass is 16.6. The van der Waals surface area contributed by atoms with Crippen LogP contribution in [0.1, 0.15) is 26.2 Å². The zero-order valence-corrected chi connectivity index (χ0v) is 7.99. The van der Waals surface area contributed by atoms with E-state index in [1.54, 1.807) is 6.92 Å². The molecule has 0 aromatic heterocycles. The van der Waals surface area contributed by atoms with Crippen LogP contribution in [-0.2, 0) is 14.3 Å². The summed E-state index contributed by atoms with van der Waals surface area (Å²) in [6, 6.07) is -0.538. The van der Waals surface area contributed by atoms with Crippen molar-refractivity contribution in [1.82, 2.24) is 0 Å². The van der Waals surface area contributed by atoms with Crippen molar-refractivity contribution in [1.29, 1.82) is 0 Å². The Morgan fingerprint density at radius 3 is 3.00 bits per heavy atom. The Bertz CT molecular complexity index is 164. The van der Waals surface area contributed by atoms with Crippen molar-refractivity contribution in [3.8, 4) is 0 Å². The first-order valence-electron chi connectivity index (χ1n) is 4.74. The van der Waals surface area contributed by atoms with E-state index in [4.69, 9.17) is 15.2 Å². The SMILES string of the molecule is C[C@H](N)C(=O)OCC1CCCCO1. The quantitative estimate of drug-likeness (QED) is 0.651. The Hall–Kier alpha value is -0.610. The monoisotopic (exact) mass is 187 g/mol. The zero-order valence-electron chi connectivity index (χ0n) is 7.99. The molecule has 0 bridgehead atoms. The summed E-state index contributed by atoms with van der Waals surface area (Å²) in [5.41, 5.74) is 5.34. The van der Waals surface area contributed by atoms with Crippen molar-refractivity contribution in [3.63, 3.8) is 0 Å². The van der Waals surface area contributed by atoms with Gasteiger partial charge in [0.2, 0.25) is 0 Å². The molecule has 0 radical (unpaired) electrons. The fourth-order valence-corrected chi connectivity index (χ4v) is 1.25. The zero-order chi connectivity index (χ0) is 9.68. The second-order valence-electron chi connectivity index (χ2n) is 3.41. The molecular formula is C9H17NO3.